The fourth-order valence-electron chi connectivity index (χ4n) is 1.68. The Balaban J connectivity index is 2.63. The first-order valence-electron chi connectivity index (χ1n) is 5.59. The van der Waals surface area contributed by atoms with Gasteiger partial charge >= 0.3 is 0 Å². The lowest BCUT2D eigenvalue weighted by Gasteiger charge is -2.10. The van der Waals surface area contributed by atoms with E-state index in [0.29, 0.717) is 12.4 Å². The van der Waals surface area contributed by atoms with E-state index in [1.54, 1.807) is 5.51 Å². The largest absolute Gasteiger partial charge is 0.296 e. The molecule has 0 saturated carbocycles. The molecule has 0 aliphatic rings. The maximum atomic E-state index is 11.5. The third-order valence-electron chi connectivity index (χ3n) is 2.43. The van der Waals surface area contributed by atoms with Crippen molar-refractivity contribution in [2.75, 3.05) is 0 Å². The lowest BCUT2D eigenvalue weighted by Crippen LogP contribution is -2.11. The summed E-state index contributed by atoms with van der Waals surface area (Å²) in [7, 11) is 1.48. The van der Waals surface area contributed by atoms with Gasteiger partial charge in [0.05, 0.1) is 16.1 Å². The quantitative estimate of drug-likeness (QED) is 0.808. The Hall–Kier alpha value is -0.990. The first-order chi connectivity index (χ1) is 8.80. The molecule has 0 radical (unpaired) electrons. The predicted octanol–water partition coefficient (Wildman–Crippen LogP) is 2.29. The van der Waals surface area contributed by atoms with Crippen molar-refractivity contribution in [1.29, 1.82) is 0 Å². The monoisotopic (exact) mass is 320 g/mol. The summed E-state index contributed by atoms with van der Waals surface area (Å²) in [6, 6.07) is 0. The van der Waals surface area contributed by atoms with Gasteiger partial charge < -0.3 is 0 Å². The van der Waals surface area contributed by atoms with Crippen LogP contribution in [0.15, 0.2) is 10.7 Å². The number of thiazole rings is 1. The molecular weight excluding hydrogens is 308 g/mol. The van der Waals surface area contributed by atoms with E-state index < -0.39 is 9.05 Å². The zero-order chi connectivity index (χ0) is 14.2. The molecule has 0 unspecified atom stereocenters. The normalized spacial score (nSPS) is 12.3. The number of hydrogen-bond acceptors (Lipinski definition) is 6. The first kappa shape index (κ1) is 14.4. The lowest BCUT2D eigenvalue weighted by atomic mass is 10.2. The Morgan fingerprint density at radius 1 is 1.42 bits per heavy atom. The second-order valence-electron chi connectivity index (χ2n) is 4.52. The molecule has 0 fully saturated rings. The number of aromatic nitrogens is 4. The standard InChI is InChI=1S/C10H13ClN4O2S2/c1-6(2)4-15-9(8-7(3)12-5-18-8)13-14-10(15)19(11,16)17/h5-6H,4H2,1-3H3. The third kappa shape index (κ3) is 2.96. The molecule has 9 heteroatoms. The summed E-state index contributed by atoms with van der Waals surface area (Å²) >= 11 is 1.40. The molecule has 0 saturated heterocycles. The molecule has 0 N–H and O–H groups in total. The van der Waals surface area contributed by atoms with Gasteiger partial charge in [-0.1, -0.05) is 13.8 Å². The predicted molar refractivity (Wildman–Crippen MR) is 73.7 cm³/mol. The molecule has 2 rings (SSSR count). The van der Waals surface area contributed by atoms with Crippen molar-refractivity contribution in [1.82, 2.24) is 19.7 Å². The molecule has 6 nitrogen and oxygen atoms in total. The summed E-state index contributed by atoms with van der Waals surface area (Å²) in [5, 5.41) is 7.45. The van der Waals surface area contributed by atoms with E-state index in [1.807, 2.05) is 20.8 Å². The summed E-state index contributed by atoms with van der Waals surface area (Å²) in [4.78, 5) is 4.94. The molecule has 0 aliphatic heterocycles. The van der Waals surface area contributed by atoms with Crippen LogP contribution in [-0.4, -0.2) is 28.2 Å². The van der Waals surface area contributed by atoms with Gasteiger partial charge in [-0.15, -0.1) is 21.5 Å². The fourth-order valence-corrected chi connectivity index (χ4v) is 3.38. The molecule has 0 atom stereocenters. The van der Waals surface area contributed by atoms with Crippen molar-refractivity contribution in [2.24, 2.45) is 5.92 Å². The van der Waals surface area contributed by atoms with Gasteiger partial charge in [-0.2, -0.15) is 0 Å². The maximum absolute atomic E-state index is 11.5. The van der Waals surface area contributed by atoms with E-state index in [4.69, 9.17) is 10.7 Å². The van der Waals surface area contributed by atoms with E-state index in [2.05, 4.69) is 15.2 Å². The molecule has 2 heterocycles. The van der Waals surface area contributed by atoms with Gasteiger partial charge in [0.2, 0.25) is 0 Å². The van der Waals surface area contributed by atoms with Gasteiger partial charge in [0.1, 0.15) is 0 Å². The Bertz CT molecular complexity index is 690. The molecule has 104 valence electrons. The highest BCUT2D eigenvalue weighted by Crippen LogP contribution is 2.28. The molecule has 0 aromatic carbocycles. The van der Waals surface area contributed by atoms with E-state index >= 15 is 0 Å². The number of hydrogen-bond donors (Lipinski definition) is 0. The zero-order valence-electron chi connectivity index (χ0n) is 10.7. The Morgan fingerprint density at radius 2 is 2.11 bits per heavy atom. The summed E-state index contributed by atoms with van der Waals surface area (Å²) in [5.74, 6) is 0.730. The van der Waals surface area contributed by atoms with Crippen molar-refractivity contribution in [2.45, 2.75) is 32.5 Å². The maximum Gasteiger partial charge on any atom is 0.296 e. The molecule has 0 spiro atoms. The average Bonchev–Trinajstić information content (AvgIpc) is 2.82. The highest BCUT2D eigenvalue weighted by molar-refractivity contribution is 8.13. The van der Waals surface area contributed by atoms with Gasteiger partial charge in [0.25, 0.3) is 14.2 Å². The SMILES string of the molecule is Cc1ncsc1-c1nnc(S(=O)(=O)Cl)n1CC(C)C. The molecule has 0 amide bonds. The molecule has 2 aromatic heterocycles. The van der Waals surface area contributed by atoms with Gasteiger partial charge in [0.15, 0.2) is 5.82 Å². The number of nitrogens with zero attached hydrogens (tertiary/aromatic N) is 4. The average molecular weight is 321 g/mol. The van der Waals surface area contributed by atoms with Crippen LogP contribution in [0.5, 0.6) is 0 Å². The van der Waals surface area contributed by atoms with Gasteiger partial charge in [-0.25, -0.2) is 13.4 Å². The smallest absolute Gasteiger partial charge is 0.296 e. The van der Waals surface area contributed by atoms with Crippen molar-refractivity contribution in [3.05, 3.63) is 11.2 Å². The van der Waals surface area contributed by atoms with E-state index in [9.17, 15) is 8.42 Å². The third-order valence-corrected chi connectivity index (χ3v) is 4.51. The van der Waals surface area contributed by atoms with Crippen molar-refractivity contribution >= 4 is 31.1 Å². The summed E-state index contributed by atoms with van der Waals surface area (Å²) in [6.45, 7) is 6.28. The molecule has 0 bridgehead atoms. The molecule has 2 aromatic rings. The van der Waals surface area contributed by atoms with Gasteiger partial charge in [0, 0.05) is 17.2 Å². The van der Waals surface area contributed by atoms with Crippen molar-refractivity contribution in [3.8, 4) is 10.7 Å². The van der Waals surface area contributed by atoms with Crippen LogP contribution < -0.4 is 0 Å². The fraction of sp³-hybridized carbons (Fsp3) is 0.500. The minimum atomic E-state index is -3.92. The first-order valence-corrected chi connectivity index (χ1v) is 8.78. The van der Waals surface area contributed by atoms with Gasteiger partial charge in [-0.3, -0.25) is 4.57 Å². The summed E-state index contributed by atoms with van der Waals surface area (Å²) in [5.41, 5.74) is 2.48. The Morgan fingerprint density at radius 3 is 2.58 bits per heavy atom. The van der Waals surface area contributed by atoms with Crippen molar-refractivity contribution in [3.63, 3.8) is 0 Å². The van der Waals surface area contributed by atoms with Crippen LogP contribution in [0.4, 0.5) is 0 Å². The summed E-state index contributed by atoms with van der Waals surface area (Å²) < 4.78 is 24.6. The van der Waals surface area contributed by atoms with Crippen molar-refractivity contribution < 1.29 is 8.42 Å². The Kier molecular flexibility index (Phi) is 3.93. The van der Waals surface area contributed by atoms with Crippen LogP contribution in [0.25, 0.3) is 10.7 Å². The van der Waals surface area contributed by atoms with E-state index in [1.165, 1.54) is 15.9 Å². The second kappa shape index (κ2) is 5.18. The lowest BCUT2D eigenvalue weighted by molar-refractivity contribution is 0.489. The minimum Gasteiger partial charge on any atom is -0.296 e. The highest BCUT2D eigenvalue weighted by Gasteiger charge is 2.25. The zero-order valence-corrected chi connectivity index (χ0v) is 13.1. The molecule has 19 heavy (non-hydrogen) atoms. The van der Waals surface area contributed by atoms with Crippen LogP contribution in [-0.2, 0) is 15.6 Å². The van der Waals surface area contributed by atoms with Gasteiger partial charge in [-0.05, 0) is 12.8 Å². The van der Waals surface area contributed by atoms with Crippen LogP contribution in [0.2, 0.25) is 0 Å². The van der Waals surface area contributed by atoms with Crippen LogP contribution >= 0.6 is 22.0 Å². The Labute approximate surface area is 119 Å². The minimum absolute atomic E-state index is 0.217. The topological polar surface area (TPSA) is 77.7 Å². The van der Waals surface area contributed by atoms with E-state index in [0.717, 1.165) is 10.6 Å². The second-order valence-corrected chi connectivity index (χ2v) is 7.83. The van der Waals surface area contributed by atoms with Crippen LogP contribution in [0.3, 0.4) is 0 Å². The summed E-state index contributed by atoms with van der Waals surface area (Å²) in [6.07, 6.45) is 0. The van der Waals surface area contributed by atoms with E-state index in [-0.39, 0.29) is 11.1 Å². The molecule has 0 aliphatic carbocycles. The number of aryl methyl sites for hydroxylation is 1. The number of halogens is 1. The van der Waals surface area contributed by atoms with Crippen LogP contribution in [0.1, 0.15) is 19.5 Å². The number of rotatable bonds is 4. The highest BCUT2D eigenvalue weighted by atomic mass is 35.7. The molecular formula is C10H13ClN4O2S2. The van der Waals surface area contributed by atoms with Crippen LogP contribution in [0, 0.1) is 12.8 Å².